The first-order valence-electron chi connectivity index (χ1n) is 6.13. The molecule has 1 heterocycles. The van der Waals surface area contributed by atoms with Gasteiger partial charge in [-0.3, -0.25) is 4.79 Å². The largest absolute Gasteiger partial charge is 0.469 e. The number of carbonyl (C=O) groups excluding carboxylic acids is 1. The second-order valence-corrected chi connectivity index (χ2v) is 4.26. The quantitative estimate of drug-likeness (QED) is 0.635. The molecule has 0 fully saturated rings. The van der Waals surface area contributed by atoms with Crippen LogP contribution in [0.4, 0.5) is 10.1 Å². The fourth-order valence-electron chi connectivity index (χ4n) is 1.78. The highest BCUT2D eigenvalue weighted by Gasteiger charge is 2.07. The smallest absolute Gasteiger partial charge is 0.310 e. The van der Waals surface area contributed by atoms with Gasteiger partial charge < -0.3 is 9.30 Å². The SMILES string of the molecule is COC(=O)Cc1ccccc1N=c1cccc(F)n1C. The van der Waals surface area contributed by atoms with E-state index < -0.39 is 0 Å². The van der Waals surface area contributed by atoms with Crippen LogP contribution in [0.15, 0.2) is 47.5 Å². The van der Waals surface area contributed by atoms with Crippen LogP contribution >= 0.6 is 0 Å². The van der Waals surface area contributed by atoms with Gasteiger partial charge in [-0.25, -0.2) is 4.99 Å². The summed E-state index contributed by atoms with van der Waals surface area (Å²) < 4.78 is 19.5. The number of esters is 1. The molecule has 0 atom stereocenters. The first-order chi connectivity index (χ1) is 9.61. The molecule has 0 amide bonds. The molecule has 1 aromatic carbocycles. The van der Waals surface area contributed by atoms with Crippen LogP contribution in [0.3, 0.4) is 0 Å². The lowest BCUT2D eigenvalue weighted by Gasteiger charge is -2.05. The highest BCUT2D eigenvalue weighted by Crippen LogP contribution is 2.18. The van der Waals surface area contributed by atoms with Gasteiger partial charge in [-0.05, 0) is 23.8 Å². The second-order valence-electron chi connectivity index (χ2n) is 4.26. The normalized spacial score (nSPS) is 11.4. The van der Waals surface area contributed by atoms with Gasteiger partial charge in [0.15, 0.2) is 5.95 Å². The minimum Gasteiger partial charge on any atom is -0.469 e. The molecule has 20 heavy (non-hydrogen) atoms. The van der Waals surface area contributed by atoms with Crippen molar-refractivity contribution in [3.05, 3.63) is 59.5 Å². The molecule has 2 aromatic rings. The first kappa shape index (κ1) is 14.0. The zero-order valence-electron chi connectivity index (χ0n) is 11.3. The maximum atomic E-state index is 13.5. The molecule has 5 heteroatoms. The van der Waals surface area contributed by atoms with Gasteiger partial charge in [-0.1, -0.05) is 24.3 Å². The first-order valence-corrected chi connectivity index (χ1v) is 6.13. The number of hydrogen-bond acceptors (Lipinski definition) is 3. The number of methoxy groups -OCH3 is 1. The molecule has 0 radical (unpaired) electrons. The molecule has 0 bridgehead atoms. The standard InChI is InChI=1S/C15H15FN2O2/c1-18-13(16)8-5-9-14(18)17-12-7-4-3-6-11(12)10-15(19)20-2/h3-9H,10H2,1-2H3. The summed E-state index contributed by atoms with van der Waals surface area (Å²) in [7, 11) is 2.94. The lowest BCUT2D eigenvalue weighted by atomic mass is 10.1. The van der Waals surface area contributed by atoms with Crippen molar-refractivity contribution >= 4 is 11.7 Å². The molecule has 4 nitrogen and oxygen atoms in total. The van der Waals surface area contributed by atoms with Crippen LogP contribution in [0.5, 0.6) is 0 Å². The van der Waals surface area contributed by atoms with Gasteiger partial charge >= 0.3 is 5.97 Å². The lowest BCUT2D eigenvalue weighted by Crippen LogP contribution is -2.19. The van der Waals surface area contributed by atoms with Crippen molar-refractivity contribution in [3.63, 3.8) is 0 Å². The number of halogens is 1. The summed E-state index contributed by atoms with van der Waals surface area (Å²) in [4.78, 5) is 15.8. The van der Waals surface area contributed by atoms with Gasteiger partial charge in [-0.15, -0.1) is 0 Å². The van der Waals surface area contributed by atoms with Crippen LogP contribution in [-0.2, 0) is 23.0 Å². The van der Waals surface area contributed by atoms with E-state index in [1.165, 1.54) is 17.7 Å². The van der Waals surface area contributed by atoms with E-state index in [2.05, 4.69) is 9.73 Å². The highest BCUT2D eigenvalue weighted by molar-refractivity contribution is 5.74. The van der Waals surface area contributed by atoms with Crippen LogP contribution in [0.2, 0.25) is 0 Å². The highest BCUT2D eigenvalue weighted by atomic mass is 19.1. The summed E-state index contributed by atoms with van der Waals surface area (Å²) in [5.41, 5.74) is 1.84. The van der Waals surface area contributed by atoms with E-state index in [0.29, 0.717) is 11.2 Å². The Morgan fingerprint density at radius 2 is 2.00 bits per heavy atom. The van der Waals surface area contributed by atoms with Crippen molar-refractivity contribution in [1.29, 1.82) is 0 Å². The van der Waals surface area contributed by atoms with E-state index in [-0.39, 0.29) is 18.3 Å². The van der Waals surface area contributed by atoms with Crippen LogP contribution in [0.1, 0.15) is 5.56 Å². The summed E-state index contributed by atoms with van der Waals surface area (Å²) >= 11 is 0. The summed E-state index contributed by atoms with van der Waals surface area (Å²) in [6, 6.07) is 11.9. The molecule has 0 spiro atoms. The number of para-hydroxylation sites is 1. The van der Waals surface area contributed by atoms with Crippen molar-refractivity contribution in [1.82, 2.24) is 4.57 Å². The summed E-state index contributed by atoms with van der Waals surface area (Å²) in [6.45, 7) is 0. The number of nitrogens with zero attached hydrogens (tertiary/aromatic N) is 2. The second kappa shape index (κ2) is 6.14. The minimum absolute atomic E-state index is 0.134. The Bertz CT molecular complexity index is 692. The molecule has 2 rings (SSSR count). The van der Waals surface area contributed by atoms with Gasteiger partial charge in [0.1, 0.15) is 5.49 Å². The van der Waals surface area contributed by atoms with E-state index in [1.54, 1.807) is 31.3 Å². The maximum absolute atomic E-state index is 13.5. The molecule has 0 aliphatic heterocycles. The van der Waals surface area contributed by atoms with Gasteiger partial charge in [0.25, 0.3) is 0 Å². The van der Waals surface area contributed by atoms with Gasteiger partial charge in [0.05, 0.1) is 19.2 Å². The maximum Gasteiger partial charge on any atom is 0.310 e. The Hall–Kier alpha value is -2.43. The van der Waals surface area contributed by atoms with Gasteiger partial charge in [0.2, 0.25) is 0 Å². The predicted molar refractivity (Wildman–Crippen MR) is 72.8 cm³/mol. The minimum atomic E-state index is -0.378. The molecule has 0 aliphatic carbocycles. The number of carbonyl (C=O) groups is 1. The Kier molecular flexibility index (Phi) is 4.30. The number of rotatable bonds is 3. The molecule has 0 saturated carbocycles. The third kappa shape index (κ3) is 3.12. The fraction of sp³-hybridized carbons (Fsp3) is 0.200. The number of pyridine rings is 1. The monoisotopic (exact) mass is 274 g/mol. The predicted octanol–water partition coefficient (Wildman–Crippen LogP) is 2.11. The van der Waals surface area contributed by atoms with E-state index in [1.807, 2.05) is 12.1 Å². The van der Waals surface area contributed by atoms with Crippen molar-refractivity contribution in [2.45, 2.75) is 6.42 Å². The van der Waals surface area contributed by atoms with Gasteiger partial charge in [-0.2, -0.15) is 4.39 Å². The van der Waals surface area contributed by atoms with Crippen molar-refractivity contribution in [2.24, 2.45) is 12.0 Å². The summed E-state index contributed by atoms with van der Waals surface area (Å²) in [6.07, 6.45) is 0.134. The summed E-state index contributed by atoms with van der Waals surface area (Å²) in [5.74, 6) is -0.715. The molecule has 104 valence electrons. The number of benzene rings is 1. The zero-order chi connectivity index (χ0) is 14.5. The molecular formula is C15H15FN2O2. The Morgan fingerprint density at radius 3 is 2.75 bits per heavy atom. The molecule has 0 unspecified atom stereocenters. The number of hydrogen-bond donors (Lipinski definition) is 0. The molecule has 0 aliphatic rings. The average molecular weight is 274 g/mol. The zero-order valence-corrected chi connectivity index (χ0v) is 11.3. The lowest BCUT2D eigenvalue weighted by molar-refractivity contribution is -0.139. The van der Waals surface area contributed by atoms with Crippen molar-refractivity contribution < 1.29 is 13.9 Å². The number of aromatic nitrogens is 1. The van der Waals surface area contributed by atoms with Crippen LogP contribution in [0, 0.1) is 5.95 Å². The van der Waals surface area contributed by atoms with E-state index in [9.17, 15) is 9.18 Å². The number of ether oxygens (including phenoxy) is 1. The molecular weight excluding hydrogens is 259 g/mol. The van der Waals surface area contributed by atoms with Crippen molar-refractivity contribution in [2.75, 3.05) is 7.11 Å². The Morgan fingerprint density at radius 1 is 1.25 bits per heavy atom. The topological polar surface area (TPSA) is 43.6 Å². The molecule has 0 saturated heterocycles. The third-order valence-corrected chi connectivity index (χ3v) is 2.93. The average Bonchev–Trinajstić information content (AvgIpc) is 2.45. The summed E-state index contributed by atoms with van der Waals surface area (Å²) in [5, 5.41) is 0. The Labute approximate surface area is 116 Å². The van der Waals surface area contributed by atoms with E-state index in [0.717, 1.165) is 5.56 Å². The van der Waals surface area contributed by atoms with Crippen molar-refractivity contribution in [3.8, 4) is 0 Å². The molecule has 1 aromatic heterocycles. The van der Waals surface area contributed by atoms with Crippen LogP contribution in [-0.4, -0.2) is 17.6 Å². The van der Waals surface area contributed by atoms with Crippen LogP contribution < -0.4 is 5.49 Å². The Balaban J connectivity index is 2.48. The van der Waals surface area contributed by atoms with E-state index >= 15 is 0 Å². The van der Waals surface area contributed by atoms with Gasteiger partial charge in [0, 0.05) is 7.05 Å². The van der Waals surface area contributed by atoms with E-state index in [4.69, 9.17) is 0 Å². The van der Waals surface area contributed by atoms with Crippen LogP contribution in [0.25, 0.3) is 0 Å². The molecule has 0 N–H and O–H groups in total. The third-order valence-electron chi connectivity index (χ3n) is 2.93. The fourth-order valence-corrected chi connectivity index (χ4v) is 1.78.